The summed E-state index contributed by atoms with van der Waals surface area (Å²) in [4.78, 5) is 30.4. The van der Waals surface area contributed by atoms with Crippen molar-refractivity contribution in [2.24, 2.45) is 0 Å². The predicted octanol–water partition coefficient (Wildman–Crippen LogP) is 3.50. The zero-order valence-corrected chi connectivity index (χ0v) is 17.4. The number of rotatable bonds is 2. The minimum Gasteiger partial charge on any atom is -0.458 e. The van der Waals surface area contributed by atoms with Crippen molar-refractivity contribution >= 4 is 16.9 Å². The molecule has 0 saturated carbocycles. The maximum atomic E-state index is 14.6. The molecule has 0 bridgehead atoms. The molecule has 1 aliphatic carbocycles. The Balaban J connectivity index is 1.64. The topological polar surface area (TPSA) is 70.4 Å². The Morgan fingerprint density at radius 3 is 2.81 bits per heavy atom. The van der Waals surface area contributed by atoms with E-state index in [0.717, 1.165) is 35.8 Å². The van der Waals surface area contributed by atoms with Gasteiger partial charge in [0.25, 0.3) is 5.56 Å². The Bertz CT molecular complexity index is 1370. The van der Waals surface area contributed by atoms with Crippen molar-refractivity contribution in [2.45, 2.75) is 52.4 Å². The molecule has 0 amide bonds. The van der Waals surface area contributed by atoms with Crippen molar-refractivity contribution in [3.05, 3.63) is 61.7 Å². The second-order valence-electron chi connectivity index (χ2n) is 8.43. The molecule has 7 heteroatoms. The standard InChI is InChI=1S/C24H21FN2O4/c1-3-30-22-14-7-19-21-15(9-27(19)23(28)16(14)10-31-24(22)29)13-6-4-5-12-11(2)17(25)8-18(26-21)20(12)13/h7-8,22H,3-6,9-10H2,1-2H3/t22-/m0/s1. The van der Waals surface area contributed by atoms with E-state index in [1.54, 1.807) is 11.5 Å². The molecule has 0 fully saturated rings. The summed E-state index contributed by atoms with van der Waals surface area (Å²) in [5.41, 5.74) is 6.72. The molecule has 3 aliphatic rings. The lowest BCUT2D eigenvalue weighted by Crippen LogP contribution is -2.33. The third-order valence-electron chi connectivity index (χ3n) is 6.85. The molecule has 0 radical (unpaired) electrons. The van der Waals surface area contributed by atoms with Gasteiger partial charge in [0.15, 0.2) is 6.10 Å². The zero-order valence-electron chi connectivity index (χ0n) is 17.4. The Morgan fingerprint density at radius 1 is 1.19 bits per heavy atom. The van der Waals surface area contributed by atoms with E-state index < -0.39 is 12.1 Å². The van der Waals surface area contributed by atoms with Gasteiger partial charge in [0.2, 0.25) is 0 Å². The van der Waals surface area contributed by atoms with Crippen LogP contribution in [0.1, 0.15) is 52.8 Å². The number of pyridine rings is 2. The first-order valence-corrected chi connectivity index (χ1v) is 10.7. The van der Waals surface area contributed by atoms with E-state index >= 15 is 0 Å². The zero-order chi connectivity index (χ0) is 21.4. The van der Waals surface area contributed by atoms with Gasteiger partial charge < -0.3 is 14.0 Å². The maximum Gasteiger partial charge on any atom is 0.340 e. The van der Waals surface area contributed by atoms with Crippen molar-refractivity contribution in [2.75, 3.05) is 6.61 Å². The molecule has 0 unspecified atom stereocenters. The Labute approximate surface area is 177 Å². The molecule has 31 heavy (non-hydrogen) atoms. The van der Waals surface area contributed by atoms with Crippen molar-refractivity contribution in [3.63, 3.8) is 0 Å². The molecule has 4 heterocycles. The number of cyclic esters (lactones) is 1. The molecule has 1 atom stereocenters. The summed E-state index contributed by atoms with van der Waals surface area (Å²) in [5.74, 6) is -0.733. The first-order valence-electron chi connectivity index (χ1n) is 10.7. The molecule has 2 aromatic heterocycles. The highest BCUT2D eigenvalue weighted by Crippen LogP contribution is 2.42. The number of nitrogens with zero attached hydrogens (tertiary/aromatic N) is 2. The van der Waals surface area contributed by atoms with Crippen LogP contribution in [0.2, 0.25) is 0 Å². The molecule has 6 rings (SSSR count). The van der Waals surface area contributed by atoms with Gasteiger partial charge in [-0.15, -0.1) is 0 Å². The molecule has 1 aromatic carbocycles. The van der Waals surface area contributed by atoms with Crippen LogP contribution in [0.3, 0.4) is 0 Å². The molecule has 6 nitrogen and oxygen atoms in total. The summed E-state index contributed by atoms with van der Waals surface area (Å²) in [6.45, 7) is 4.32. The first kappa shape index (κ1) is 18.7. The van der Waals surface area contributed by atoms with Crippen LogP contribution in [0.4, 0.5) is 4.39 Å². The lowest BCUT2D eigenvalue weighted by molar-refractivity contribution is -0.161. The Hall–Kier alpha value is -3.06. The Kier molecular flexibility index (Phi) is 3.90. The smallest absolute Gasteiger partial charge is 0.340 e. The van der Waals surface area contributed by atoms with Gasteiger partial charge in [-0.05, 0) is 55.9 Å². The Morgan fingerprint density at radius 2 is 2.00 bits per heavy atom. The van der Waals surface area contributed by atoms with Gasteiger partial charge >= 0.3 is 5.97 Å². The third-order valence-corrected chi connectivity index (χ3v) is 6.85. The number of fused-ring (bicyclic) bond motifs is 5. The molecule has 0 N–H and O–H groups in total. The molecule has 0 saturated heterocycles. The summed E-state index contributed by atoms with van der Waals surface area (Å²) < 4.78 is 27.1. The van der Waals surface area contributed by atoms with E-state index in [2.05, 4.69) is 0 Å². The van der Waals surface area contributed by atoms with Crippen LogP contribution in [0.25, 0.3) is 22.3 Å². The van der Waals surface area contributed by atoms with Crippen LogP contribution in [-0.2, 0) is 40.3 Å². The van der Waals surface area contributed by atoms with Gasteiger partial charge in [-0.25, -0.2) is 14.2 Å². The van der Waals surface area contributed by atoms with Gasteiger partial charge in [-0.1, -0.05) is 0 Å². The second kappa shape index (κ2) is 6.47. The van der Waals surface area contributed by atoms with Crippen molar-refractivity contribution in [3.8, 4) is 11.4 Å². The van der Waals surface area contributed by atoms with E-state index in [4.69, 9.17) is 14.5 Å². The first-order chi connectivity index (χ1) is 15.0. The number of ether oxygens (including phenoxy) is 2. The summed E-state index contributed by atoms with van der Waals surface area (Å²) >= 11 is 0. The number of halogens is 1. The van der Waals surface area contributed by atoms with Gasteiger partial charge in [0, 0.05) is 29.2 Å². The average Bonchev–Trinajstić information content (AvgIpc) is 3.13. The van der Waals surface area contributed by atoms with Crippen LogP contribution >= 0.6 is 0 Å². The van der Waals surface area contributed by atoms with E-state index in [-0.39, 0.29) is 18.0 Å². The molecular formula is C24H21FN2O4. The molecular weight excluding hydrogens is 399 g/mol. The fraction of sp³-hybridized carbons (Fsp3) is 0.375. The van der Waals surface area contributed by atoms with Gasteiger partial charge in [-0.2, -0.15) is 0 Å². The number of carbonyl (C=O) groups excluding carboxylic acids is 1. The number of benzene rings is 1. The fourth-order valence-electron chi connectivity index (χ4n) is 5.37. The highest BCUT2D eigenvalue weighted by atomic mass is 19.1. The quantitative estimate of drug-likeness (QED) is 0.464. The highest BCUT2D eigenvalue weighted by Gasteiger charge is 2.36. The summed E-state index contributed by atoms with van der Waals surface area (Å²) in [6.07, 6.45) is 1.75. The van der Waals surface area contributed by atoms with E-state index in [9.17, 15) is 14.0 Å². The monoisotopic (exact) mass is 420 g/mol. The van der Waals surface area contributed by atoms with Crippen LogP contribution in [-0.4, -0.2) is 22.1 Å². The van der Waals surface area contributed by atoms with E-state index in [1.807, 2.05) is 13.0 Å². The highest BCUT2D eigenvalue weighted by molar-refractivity contribution is 5.92. The molecule has 3 aromatic rings. The summed E-state index contributed by atoms with van der Waals surface area (Å²) in [5, 5.41) is 1.04. The van der Waals surface area contributed by atoms with Crippen LogP contribution in [0.5, 0.6) is 0 Å². The van der Waals surface area contributed by atoms with Gasteiger partial charge in [0.05, 0.1) is 29.0 Å². The van der Waals surface area contributed by atoms with Gasteiger partial charge in [-0.3, -0.25) is 4.79 Å². The number of hydrogen-bond acceptors (Lipinski definition) is 5. The summed E-state index contributed by atoms with van der Waals surface area (Å²) in [6, 6.07) is 3.34. The number of hydrogen-bond donors (Lipinski definition) is 0. The largest absolute Gasteiger partial charge is 0.458 e. The SMILES string of the molecule is CCO[C@@H]1C(=O)OCc2c1cc1n(c2=O)Cc2c-1nc1cc(F)c(C)c3c1c2CCC3. The van der Waals surface area contributed by atoms with E-state index in [0.29, 0.717) is 46.7 Å². The number of aryl methyl sites for hydroxylation is 2. The van der Waals surface area contributed by atoms with Crippen molar-refractivity contribution < 1.29 is 18.7 Å². The molecule has 2 aliphatic heterocycles. The number of esters is 1. The average molecular weight is 420 g/mol. The minimum absolute atomic E-state index is 0.0516. The normalized spacial score (nSPS) is 18.5. The lowest BCUT2D eigenvalue weighted by Gasteiger charge is -2.24. The number of carbonyl (C=O) groups is 1. The van der Waals surface area contributed by atoms with Crippen LogP contribution in [0.15, 0.2) is 16.9 Å². The molecule has 158 valence electrons. The van der Waals surface area contributed by atoms with Crippen molar-refractivity contribution in [1.82, 2.24) is 9.55 Å². The van der Waals surface area contributed by atoms with Crippen molar-refractivity contribution in [1.29, 1.82) is 0 Å². The lowest BCUT2D eigenvalue weighted by atomic mass is 9.85. The molecule has 0 spiro atoms. The third kappa shape index (κ3) is 2.44. The minimum atomic E-state index is -0.915. The van der Waals surface area contributed by atoms with E-state index in [1.165, 1.54) is 11.6 Å². The maximum absolute atomic E-state index is 14.6. The summed E-state index contributed by atoms with van der Waals surface area (Å²) in [7, 11) is 0. The number of aromatic nitrogens is 2. The van der Waals surface area contributed by atoms with Crippen LogP contribution < -0.4 is 5.56 Å². The van der Waals surface area contributed by atoms with Gasteiger partial charge in [0.1, 0.15) is 12.4 Å². The van der Waals surface area contributed by atoms with Crippen LogP contribution in [0, 0.1) is 12.7 Å². The second-order valence-corrected chi connectivity index (χ2v) is 8.43. The predicted molar refractivity (Wildman–Crippen MR) is 111 cm³/mol. The fourth-order valence-corrected chi connectivity index (χ4v) is 5.37.